The van der Waals surface area contributed by atoms with Crippen LogP contribution in [0.25, 0.3) is 0 Å². The smallest absolute Gasteiger partial charge is 0.294 e. The topological polar surface area (TPSA) is 85.2 Å². The number of hydrogen-bond donors (Lipinski definition) is 0. The summed E-state index contributed by atoms with van der Waals surface area (Å²) < 4.78 is 6.24. The summed E-state index contributed by atoms with van der Waals surface area (Å²) in [6, 6.07) is 8.02. The average molecular weight is 409 g/mol. The highest BCUT2D eigenvalue weighted by molar-refractivity contribution is 6.00. The second-order valence-corrected chi connectivity index (χ2v) is 9.73. The Hall–Kier alpha value is -2.45. The maximum absolute atomic E-state index is 13.5. The number of ether oxygens (including phenoxy) is 1. The van der Waals surface area contributed by atoms with Crippen molar-refractivity contribution >= 4 is 11.6 Å². The number of carbonyl (C=O) groups is 1. The summed E-state index contributed by atoms with van der Waals surface area (Å²) in [5.41, 5.74) is 2.38. The Labute approximate surface area is 173 Å². The number of piperidine rings is 2. The van der Waals surface area contributed by atoms with Crippen LogP contribution in [0.5, 0.6) is 0 Å². The third kappa shape index (κ3) is 1.62. The van der Waals surface area contributed by atoms with E-state index >= 15 is 0 Å². The molecule has 3 unspecified atom stereocenters. The van der Waals surface area contributed by atoms with Crippen LogP contribution in [0, 0.1) is 22.0 Å². The first-order valence-corrected chi connectivity index (χ1v) is 10.8. The molecular formula is C22H23N3O5. The molecule has 1 aliphatic carbocycles. The Bertz CT molecular complexity index is 1040. The fraction of sp³-hybridized carbons (Fsp3) is 0.591. The molecule has 30 heavy (non-hydrogen) atoms. The summed E-state index contributed by atoms with van der Waals surface area (Å²) >= 11 is 0. The first kappa shape index (κ1) is 17.3. The Kier molecular flexibility index (Phi) is 3.01. The van der Waals surface area contributed by atoms with E-state index in [0.717, 1.165) is 30.8 Å². The summed E-state index contributed by atoms with van der Waals surface area (Å²) in [6.07, 6.45) is 2.44. The first-order valence-electron chi connectivity index (χ1n) is 10.8. The van der Waals surface area contributed by atoms with Crippen molar-refractivity contribution in [1.29, 1.82) is 0 Å². The number of rotatable bonds is 2. The highest BCUT2D eigenvalue weighted by Gasteiger charge is 2.79. The van der Waals surface area contributed by atoms with Crippen LogP contribution >= 0.6 is 0 Å². The molecule has 1 spiro atoms. The van der Waals surface area contributed by atoms with Gasteiger partial charge >= 0.3 is 0 Å². The number of nitrogens with zero attached hydrogens (tertiary/aromatic N) is 3. The van der Waals surface area contributed by atoms with Gasteiger partial charge in [0.2, 0.25) is 5.91 Å². The quantitative estimate of drug-likeness (QED) is 0.420. The lowest BCUT2D eigenvalue weighted by molar-refractivity contribution is -0.773. The van der Waals surface area contributed by atoms with Gasteiger partial charge in [-0.25, -0.2) is 0 Å². The monoisotopic (exact) mass is 409 g/mol. The summed E-state index contributed by atoms with van der Waals surface area (Å²) in [4.78, 5) is 35.0. The van der Waals surface area contributed by atoms with Crippen LogP contribution in [-0.4, -0.2) is 59.4 Å². The van der Waals surface area contributed by atoms with E-state index in [4.69, 9.17) is 9.57 Å². The molecule has 156 valence electrons. The fourth-order valence-corrected chi connectivity index (χ4v) is 8.42. The van der Waals surface area contributed by atoms with Crippen molar-refractivity contribution in [2.75, 3.05) is 24.6 Å². The molecule has 1 aromatic rings. The molecular weight excluding hydrogens is 386 g/mol. The van der Waals surface area contributed by atoms with Crippen LogP contribution in [0.4, 0.5) is 5.69 Å². The minimum absolute atomic E-state index is 0.0437. The second kappa shape index (κ2) is 5.23. The third-order valence-electron chi connectivity index (χ3n) is 9.09. The van der Waals surface area contributed by atoms with E-state index in [1.54, 1.807) is 0 Å². The molecule has 1 aromatic carbocycles. The molecule has 1 amide bonds. The number of para-hydroxylation sites is 1. The predicted molar refractivity (Wildman–Crippen MR) is 105 cm³/mol. The summed E-state index contributed by atoms with van der Waals surface area (Å²) in [7, 11) is 0. The van der Waals surface area contributed by atoms with E-state index < -0.39 is 22.1 Å². The maximum Gasteiger partial charge on any atom is 0.294 e. The van der Waals surface area contributed by atoms with Gasteiger partial charge in [0, 0.05) is 35.5 Å². The zero-order valence-electron chi connectivity index (χ0n) is 16.7. The van der Waals surface area contributed by atoms with Gasteiger partial charge in [-0.15, -0.1) is 10.1 Å². The number of benzene rings is 1. The molecule has 5 aliphatic heterocycles. The molecule has 8 nitrogen and oxygen atoms in total. The molecule has 7 atom stereocenters. The molecule has 1 saturated carbocycles. The molecule has 4 fully saturated rings. The van der Waals surface area contributed by atoms with E-state index in [9.17, 15) is 14.9 Å². The molecule has 0 aromatic heterocycles. The Morgan fingerprint density at radius 3 is 3.00 bits per heavy atom. The molecule has 2 bridgehead atoms. The van der Waals surface area contributed by atoms with Crippen LogP contribution in [0.2, 0.25) is 0 Å². The average Bonchev–Trinajstić information content (AvgIpc) is 3.12. The number of carbonyl (C=O) groups excluding carboxylic acids is 1. The van der Waals surface area contributed by atoms with Gasteiger partial charge < -0.3 is 14.5 Å². The summed E-state index contributed by atoms with van der Waals surface area (Å²) in [6.45, 7) is 4.30. The van der Waals surface area contributed by atoms with Crippen molar-refractivity contribution in [2.45, 2.75) is 49.0 Å². The van der Waals surface area contributed by atoms with Gasteiger partial charge in [0.05, 0.1) is 24.7 Å². The van der Waals surface area contributed by atoms with Crippen molar-refractivity contribution < 1.29 is 19.5 Å². The van der Waals surface area contributed by atoms with Crippen molar-refractivity contribution in [3.05, 3.63) is 51.6 Å². The van der Waals surface area contributed by atoms with Gasteiger partial charge in [0.15, 0.2) is 0 Å². The van der Waals surface area contributed by atoms with E-state index in [1.807, 2.05) is 23.1 Å². The van der Waals surface area contributed by atoms with Gasteiger partial charge in [-0.1, -0.05) is 29.8 Å². The lowest BCUT2D eigenvalue weighted by Crippen LogP contribution is -2.80. The van der Waals surface area contributed by atoms with Crippen LogP contribution < -0.4 is 4.90 Å². The van der Waals surface area contributed by atoms with Crippen LogP contribution in [0.15, 0.2) is 35.9 Å². The maximum atomic E-state index is 13.5. The molecule has 6 aliphatic rings. The zero-order chi connectivity index (χ0) is 20.4. The molecule has 3 saturated heterocycles. The molecule has 5 heterocycles. The highest BCUT2D eigenvalue weighted by Crippen LogP contribution is 2.70. The van der Waals surface area contributed by atoms with Crippen molar-refractivity contribution in [2.24, 2.45) is 11.8 Å². The van der Waals surface area contributed by atoms with Crippen molar-refractivity contribution in [3.8, 4) is 0 Å². The highest BCUT2D eigenvalue weighted by atomic mass is 17.0. The Morgan fingerprint density at radius 1 is 1.33 bits per heavy atom. The standard InChI is InChI=1S/C22H23N3O5/c1-21-18-15-10-16(26)24(21)14-5-3-2-4-13(14)22(21)7-8-23-11-12(6-9-29-15)17(18)19(20(22)23)30-25(27)28/h2-6,15,17-20H,7-11H2,1H3/t15?,17-,18+,19?,20+,21?,22+/m0/s1. The minimum atomic E-state index is -0.617. The number of anilines is 1. The van der Waals surface area contributed by atoms with Gasteiger partial charge in [-0.3, -0.25) is 9.69 Å². The summed E-state index contributed by atoms with van der Waals surface area (Å²) in [5.74, 6) is -0.0696. The third-order valence-corrected chi connectivity index (χ3v) is 9.09. The van der Waals surface area contributed by atoms with Gasteiger partial charge in [-0.2, -0.15) is 0 Å². The minimum Gasteiger partial charge on any atom is -0.373 e. The van der Waals surface area contributed by atoms with Crippen LogP contribution in [0.3, 0.4) is 0 Å². The van der Waals surface area contributed by atoms with E-state index in [0.29, 0.717) is 13.0 Å². The van der Waals surface area contributed by atoms with Gasteiger partial charge in [0.25, 0.3) is 5.09 Å². The largest absolute Gasteiger partial charge is 0.373 e. The molecule has 8 heteroatoms. The van der Waals surface area contributed by atoms with Gasteiger partial charge in [-0.05, 0) is 31.5 Å². The van der Waals surface area contributed by atoms with E-state index in [2.05, 4.69) is 24.0 Å². The normalized spacial score (nSPS) is 45.0. The van der Waals surface area contributed by atoms with E-state index in [-0.39, 0.29) is 29.9 Å². The fourth-order valence-electron chi connectivity index (χ4n) is 8.42. The predicted octanol–water partition coefficient (Wildman–Crippen LogP) is 1.67. The van der Waals surface area contributed by atoms with Crippen molar-refractivity contribution in [1.82, 2.24) is 4.90 Å². The van der Waals surface area contributed by atoms with Crippen LogP contribution in [0.1, 0.15) is 25.3 Å². The Balaban J connectivity index is 1.58. The second-order valence-electron chi connectivity index (χ2n) is 9.73. The van der Waals surface area contributed by atoms with Crippen molar-refractivity contribution in [3.63, 3.8) is 0 Å². The SMILES string of the molecule is CC12[C@@H]3C4CC(=O)N1c1ccccc1[C@@]21CCN2CC(=CCO4)[C@@H]3C(O[N+](=O)[O-])[C@@H]21. The van der Waals surface area contributed by atoms with Crippen LogP contribution in [-0.2, 0) is 19.8 Å². The number of fused-ring (bicyclic) bond motifs is 2. The first-order chi connectivity index (χ1) is 14.5. The zero-order valence-corrected chi connectivity index (χ0v) is 16.7. The Morgan fingerprint density at radius 2 is 2.17 bits per heavy atom. The number of hydrogen-bond acceptors (Lipinski definition) is 6. The van der Waals surface area contributed by atoms with E-state index in [1.165, 1.54) is 5.57 Å². The summed E-state index contributed by atoms with van der Waals surface area (Å²) in [5, 5.41) is 11.0. The molecule has 7 rings (SSSR count). The molecule has 0 radical (unpaired) electrons. The lowest BCUT2D eigenvalue weighted by atomic mass is 9.46. The molecule has 0 N–H and O–H groups in total. The van der Waals surface area contributed by atoms with Gasteiger partial charge in [0.1, 0.15) is 6.10 Å². The number of amides is 1. The lowest BCUT2D eigenvalue weighted by Gasteiger charge is -2.66.